The van der Waals surface area contributed by atoms with Gasteiger partial charge in [-0.05, 0) is 55.8 Å². The molecule has 0 aliphatic heterocycles. The fourth-order valence-corrected chi connectivity index (χ4v) is 2.82. The van der Waals surface area contributed by atoms with Gasteiger partial charge in [-0.25, -0.2) is 8.42 Å². The molecule has 0 saturated carbocycles. The molecule has 0 spiro atoms. The predicted octanol–water partition coefficient (Wildman–Crippen LogP) is 1.78. The highest BCUT2D eigenvalue weighted by molar-refractivity contribution is 7.89. The second-order valence-electron chi connectivity index (χ2n) is 5.16. The van der Waals surface area contributed by atoms with Crippen molar-refractivity contribution in [3.05, 3.63) is 54.1 Å². The van der Waals surface area contributed by atoms with E-state index in [-0.39, 0.29) is 11.5 Å². The van der Waals surface area contributed by atoms with Crippen molar-refractivity contribution in [3.8, 4) is 11.5 Å². The molecule has 0 saturated heterocycles. The van der Waals surface area contributed by atoms with Crippen molar-refractivity contribution >= 4 is 15.9 Å². The van der Waals surface area contributed by atoms with Crippen LogP contribution in [0.4, 0.5) is 0 Å². The Morgan fingerprint density at radius 3 is 2.40 bits per heavy atom. The SMILES string of the molecule is CCOc1ccc(S(=O)(=O)NNC(=O)COc2cccc(C)c2)cc1. The highest BCUT2D eigenvalue weighted by Gasteiger charge is 2.15. The Balaban J connectivity index is 1.87. The summed E-state index contributed by atoms with van der Waals surface area (Å²) in [6, 6.07) is 13.1. The first-order valence-corrected chi connectivity index (χ1v) is 9.12. The van der Waals surface area contributed by atoms with Crippen LogP contribution in [0.1, 0.15) is 12.5 Å². The quantitative estimate of drug-likeness (QED) is 0.697. The molecule has 0 bridgehead atoms. The van der Waals surface area contributed by atoms with Gasteiger partial charge < -0.3 is 9.47 Å². The molecule has 2 N–H and O–H groups in total. The number of rotatable bonds is 8. The average molecular weight is 364 g/mol. The molecule has 0 aliphatic carbocycles. The minimum Gasteiger partial charge on any atom is -0.494 e. The third-order valence-electron chi connectivity index (χ3n) is 3.13. The van der Waals surface area contributed by atoms with Crippen molar-refractivity contribution in [2.45, 2.75) is 18.7 Å². The van der Waals surface area contributed by atoms with Gasteiger partial charge >= 0.3 is 0 Å². The van der Waals surface area contributed by atoms with Gasteiger partial charge in [0, 0.05) is 0 Å². The molecule has 8 heteroatoms. The van der Waals surface area contributed by atoms with Gasteiger partial charge in [0.2, 0.25) is 0 Å². The first-order valence-electron chi connectivity index (χ1n) is 7.63. The van der Waals surface area contributed by atoms with Crippen LogP contribution in [0.5, 0.6) is 11.5 Å². The molecule has 134 valence electrons. The number of aryl methyl sites for hydroxylation is 1. The number of nitrogens with one attached hydrogen (secondary N) is 2. The van der Waals surface area contributed by atoms with E-state index in [2.05, 4.69) is 5.43 Å². The minimum atomic E-state index is -3.87. The summed E-state index contributed by atoms with van der Waals surface area (Å²) in [5, 5.41) is 0. The molecule has 2 rings (SSSR count). The maximum Gasteiger partial charge on any atom is 0.272 e. The van der Waals surface area contributed by atoms with Crippen molar-refractivity contribution in [2.75, 3.05) is 13.2 Å². The van der Waals surface area contributed by atoms with Crippen LogP contribution < -0.4 is 19.7 Å². The van der Waals surface area contributed by atoms with E-state index in [9.17, 15) is 13.2 Å². The first-order chi connectivity index (χ1) is 11.9. The smallest absolute Gasteiger partial charge is 0.272 e. The number of amides is 1. The summed E-state index contributed by atoms with van der Waals surface area (Å²) in [6.07, 6.45) is 0. The molecule has 0 aromatic heterocycles. The fourth-order valence-electron chi connectivity index (χ4n) is 1.95. The third kappa shape index (κ3) is 5.77. The van der Waals surface area contributed by atoms with E-state index < -0.39 is 15.9 Å². The number of hydrogen-bond donors (Lipinski definition) is 2. The van der Waals surface area contributed by atoms with Crippen LogP contribution in [-0.2, 0) is 14.8 Å². The lowest BCUT2D eigenvalue weighted by Gasteiger charge is -2.10. The average Bonchev–Trinajstić information content (AvgIpc) is 2.59. The van der Waals surface area contributed by atoms with Crippen LogP contribution in [0.25, 0.3) is 0 Å². The Hall–Kier alpha value is -2.58. The number of benzene rings is 2. The molecule has 0 aliphatic rings. The molecule has 0 atom stereocenters. The van der Waals surface area contributed by atoms with Crippen molar-refractivity contribution in [2.24, 2.45) is 0 Å². The molecule has 2 aromatic rings. The van der Waals surface area contributed by atoms with E-state index in [1.165, 1.54) is 12.1 Å². The summed E-state index contributed by atoms with van der Waals surface area (Å²) in [4.78, 5) is 13.8. The minimum absolute atomic E-state index is 0.0101. The predicted molar refractivity (Wildman–Crippen MR) is 92.7 cm³/mol. The zero-order chi connectivity index (χ0) is 18.3. The van der Waals surface area contributed by atoms with E-state index in [0.29, 0.717) is 18.1 Å². The number of hydrazine groups is 1. The molecule has 0 unspecified atom stereocenters. The van der Waals surface area contributed by atoms with Gasteiger partial charge in [0.25, 0.3) is 15.9 Å². The number of carbonyl (C=O) groups is 1. The van der Waals surface area contributed by atoms with E-state index in [0.717, 1.165) is 5.56 Å². The summed E-state index contributed by atoms with van der Waals surface area (Å²) in [6.45, 7) is 3.91. The largest absolute Gasteiger partial charge is 0.494 e. The molecule has 7 nitrogen and oxygen atoms in total. The van der Waals surface area contributed by atoms with Crippen molar-refractivity contribution in [3.63, 3.8) is 0 Å². The van der Waals surface area contributed by atoms with Crippen molar-refractivity contribution < 1.29 is 22.7 Å². The lowest BCUT2D eigenvalue weighted by atomic mass is 10.2. The second-order valence-corrected chi connectivity index (χ2v) is 6.85. The molecule has 0 fully saturated rings. The zero-order valence-corrected chi connectivity index (χ0v) is 14.8. The Morgan fingerprint density at radius 1 is 1.04 bits per heavy atom. The fraction of sp³-hybridized carbons (Fsp3) is 0.235. The first kappa shape index (κ1) is 18.8. The Labute approximate surface area is 147 Å². The molecule has 0 heterocycles. The van der Waals surface area contributed by atoms with Gasteiger partial charge in [-0.15, -0.1) is 4.83 Å². The standard InChI is InChI=1S/C17H20N2O5S/c1-3-23-14-7-9-16(10-8-14)25(21,22)19-18-17(20)12-24-15-6-4-5-13(2)11-15/h4-11,19H,3,12H2,1-2H3,(H,18,20). The van der Waals surface area contributed by atoms with Gasteiger partial charge in [0.1, 0.15) is 11.5 Å². The third-order valence-corrected chi connectivity index (χ3v) is 4.39. The maximum absolute atomic E-state index is 12.1. The van der Waals surface area contributed by atoms with Gasteiger partial charge in [-0.1, -0.05) is 12.1 Å². The summed E-state index contributed by atoms with van der Waals surface area (Å²) >= 11 is 0. The molecule has 2 aromatic carbocycles. The van der Waals surface area contributed by atoms with Crippen LogP contribution in [0, 0.1) is 6.92 Å². The molecule has 1 amide bonds. The normalized spacial score (nSPS) is 11.0. The highest BCUT2D eigenvalue weighted by atomic mass is 32.2. The van der Waals surface area contributed by atoms with Crippen LogP contribution in [0.2, 0.25) is 0 Å². The summed E-state index contributed by atoms with van der Waals surface area (Å²) in [5.41, 5.74) is 3.11. The highest BCUT2D eigenvalue weighted by Crippen LogP contribution is 2.15. The van der Waals surface area contributed by atoms with Crippen LogP contribution >= 0.6 is 0 Å². The van der Waals surface area contributed by atoms with Gasteiger partial charge in [-0.3, -0.25) is 10.2 Å². The summed E-state index contributed by atoms with van der Waals surface area (Å²) < 4.78 is 34.8. The maximum atomic E-state index is 12.1. The molecule has 25 heavy (non-hydrogen) atoms. The topological polar surface area (TPSA) is 93.7 Å². The zero-order valence-electron chi connectivity index (χ0n) is 14.0. The lowest BCUT2D eigenvalue weighted by Crippen LogP contribution is -2.43. The van der Waals surface area contributed by atoms with Crippen molar-refractivity contribution in [1.82, 2.24) is 10.3 Å². The second kappa shape index (κ2) is 8.50. The van der Waals surface area contributed by atoms with Crippen LogP contribution in [0.15, 0.2) is 53.4 Å². The van der Waals surface area contributed by atoms with Crippen LogP contribution in [-0.4, -0.2) is 27.5 Å². The Bertz CT molecular complexity index is 819. The van der Waals surface area contributed by atoms with Gasteiger partial charge in [-0.2, -0.15) is 0 Å². The molecular weight excluding hydrogens is 344 g/mol. The summed E-state index contributed by atoms with van der Waals surface area (Å²) in [7, 11) is -3.87. The van der Waals surface area contributed by atoms with Gasteiger partial charge in [0.05, 0.1) is 11.5 Å². The van der Waals surface area contributed by atoms with E-state index in [4.69, 9.17) is 9.47 Å². The Morgan fingerprint density at radius 2 is 1.76 bits per heavy atom. The van der Waals surface area contributed by atoms with E-state index in [1.807, 2.05) is 24.7 Å². The molecule has 0 radical (unpaired) electrons. The summed E-state index contributed by atoms with van der Waals surface area (Å²) in [5.74, 6) is 0.484. The number of carbonyl (C=O) groups excluding carboxylic acids is 1. The van der Waals surface area contributed by atoms with E-state index in [1.54, 1.807) is 30.3 Å². The van der Waals surface area contributed by atoms with Gasteiger partial charge in [0.15, 0.2) is 6.61 Å². The number of hydrogen-bond acceptors (Lipinski definition) is 5. The number of sulfonamides is 1. The monoisotopic (exact) mass is 364 g/mol. The lowest BCUT2D eigenvalue weighted by molar-refractivity contribution is -0.123. The molecular formula is C17H20N2O5S. The van der Waals surface area contributed by atoms with Crippen molar-refractivity contribution in [1.29, 1.82) is 0 Å². The van der Waals surface area contributed by atoms with E-state index >= 15 is 0 Å². The Kier molecular flexibility index (Phi) is 6.37. The number of ether oxygens (including phenoxy) is 2. The van der Waals surface area contributed by atoms with Crippen LogP contribution in [0.3, 0.4) is 0 Å².